The average Bonchev–Trinajstić information content (AvgIpc) is 2.78. The summed E-state index contributed by atoms with van der Waals surface area (Å²) >= 11 is 0. The van der Waals surface area contributed by atoms with Crippen molar-refractivity contribution >= 4 is 26.6 Å². The summed E-state index contributed by atoms with van der Waals surface area (Å²) in [5.74, 6) is 1.08. The first kappa shape index (κ1) is 26.7. The maximum atomic E-state index is 11.9. The summed E-state index contributed by atoms with van der Waals surface area (Å²) in [5, 5.41) is 21.3. The number of fused-ring (bicyclic) bond motifs is 1. The Morgan fingerprint density at radius 1 is 0.886 bits per heavy atom. The van der Waals surface area contributed by atoms with Crippen molar-refractivity contribution in [2.45, 2.75) is 50.3 Å². The Labute approximate surface area is 206 Å². The minimum Gasteiger partial charge on any atom is -0.491 e. The Kier molecular flexibility index (Phi) is 8.27. The van der Waals surface area contributed by atoms with Gasteiger partial charge in [-0.15, -0.1) is 0 Å². The Morgan fingerprint density at radius 3 is 2.06 bits per heavy atom. The van der Waals surface area contributed by atoms with Crippen LogP contribution in [0.4, 0.5) is 5.69 Å². The Bertz CT molecular complexity index is 1250. The normalized spacial score (nSPS) is 13.9. The van der Waals surface area contributed by atoms with Crippen molar-refractivity contribution in [1.82, 2.24) is 0 Å². The van der Waals surface area contributed by atoms with Crippen molar-refractivity contribution in [3.05, 3.63) is 60.7 Å². The molecule has 3 aromatic rings. The summed E-state index contributed by atoms with van der Waals surface area (Å²) in [6.07, 6.45) is -1.45. The average molecular weight is 504 g/mol. The number of aliphatic hydroxyl groups is 2. The molecule has 0 saturated carbocycles. The quantitative estimate of drug-likeness (QED) is 0.357. The van der Waals surface area contributed by atoms with Crippen molar-refractivity contribution in [2.24, 2.45) is 0 Å². The topological polar surface area (TPSA) is 117 Å². The monoisotopic (exact) mass is 503 g/mol. The van der Waals surface area contributed by atoms with Gasteiger partial charge >= 0.3 is 0 Å². The third-order valence-electron chi connectivity index (χ3n) is 5.37. The fourth-order valence-corrected chi connectivity index (χ4v) is 4.47. The van der Waals surface area contributed by atoms with Crippen LogP contribution >= 0.6 is 0 Å². The molecule has 0 amide bonds. The van der Waals surface area contributed by atoms with Gasteiger partial charge in [-0.2, -0.15) is 8.42 Å². The van der Waals surface area contributed by atoms with Crippen LogP contribution in [0.2, 0.25) is 0 Å². The number of hydrogen-bond acceptors (Lipinski definition) is 7. The SMILES string of the molecule is CC(O)COc1cccc(OCC(O)CN(c2ccc(S(=O)(=O)O)c3ccccc23)C(C)(C)C)c1. The van der Waals surface area contributed by atoms with Gasteiger partial charge in [0.15, 0.2) is 0 Å². The van der Waals surface area contributed by atoms with E-state index < -0.39 is 27.9 Å². The highest BCUT2D eigenvalue weighted by Gasteiger charge is 2.27. The minimum absolute atomic E-state index is 0.0213. The molecule has 0 heterocycles. The molecule has 3 rings (SSSR count). The van der Waals surface area contributed by atoms with Gasteiger partial charge < -0.3 is 24.6 Å². The summed E-state index contributed by atoms with van der Waals surface area (Å²) in [7, 11) is -4.39. The van der Waals surface area contributed by atoms with Crippen molar-refractivity contribution in [3.63, 3.8) is 0 Å². The zero-order chi connectivity index (χ0) is 25.8. The Morgan fingerprint density at radius 2 is 1.49 bits per heavy atom. The number of nitrogens with zero attached hydrogens (tertiary/aromatic N) is 1. The number of hydrogen-bond donors (Lipinski definition) is 3. The van der Waals surface area contributed by atoms with E-state index in [2.05, 4.69) is 0 Å². The standard InChI is InChI=1S/C26H33NO7S/c1-18(28)16-33-20-8-7-9-21(14-20)34-17-19(29)15-27(26(2,3)4)24-12-13-25(35(30,31)32)23-11-6-5-10-22(23)24/h5-14,18-19,28-29H,15-17H2,1-4H3,(H,30,31,32). The van der Waals surface area contributed by atoms with Gasteiger partial charge in [-0.05, 0) is 52.0 Å². The second-order valence-corrected chi connectivity index (χ2v) is 10.9. The lowest BCUT2D eigenvalue weighted by molar-refractivity contribution is 0.107. The summed E-state index contributed by atoms with van der Waals surface area (Å²) in [6, 6.07) is 17.0. The Hall–Kier alpha value is -2.85. The van der Waals surface area contributed by atoms with Crippen molar-refractivity contribution in [2.75, 3.05) is 24.7 Å². The van der Waals surface area contributed by atoms with Gasteiger partial charge in [0.1, 0.15) is 35.7 Å². The summed E-state index contributed by atoms with van der Waals surface area (Å²) < 4.78 is 44.7. The molecule has 2 unspecified atom stereocenters. The van der Waals surface area contributed by atoms with E-state index in [4.69, 9.17) is 9.47 Å². The molecule has 0 aromatic heterocycles. The smallest absolute Gasteiger partial charge is 0.295 e. The lowest BCUT2D eigenvalue weighted by Crippen LogP contribution is -2.47. The molecule has 0 fully saturated rings. The molecule has 3 aromatic carbocycles. The number of β-amino-alcohol motifs (C(OH)–C–C–N with tert-alkyl or cyclic N) is 1. The predicted octanol–water partition coefficient (Wildman–Crippen LogP) is 3.89. The summed E-state index contributed by atoms with van der Waals surface area (Å²) in [6.45, 7) is 8.03. The third-order valence-corrected chi connectivity index (χ3v) is 6.28. The highest BCUT2D eigenvalue weighted by atomic mass is 32.2. The second-order valence-electron chi connectivity index (χ2n) is 9.48. The summed E-state index contributed by atoms with van der Waals surface area (Å²) in [5.41, 5.74) is 0.311. The molecule has 0 bridgehead atoms. The number of aliphatic hydroxyl groups excluding tert-OH is 2. The zero-order valence-corrected chi connectivity index (χ0v) is 21.2. The second kappa shape index (κ2) is 10.8. The molecule has 3 N–H and O–H groups in total. The van der Waals surface area contributed by atoms with Crippen molar-refractivity contribution in [3.8, 4) is 11.5 Å². The van der Waals surface area contributed by atoms with Crippen LogP contribution in [0.3, 0.4) is 0 Å². The molecule has 8 nitrogen and oxygen atoms in total. The minimum atomic E-state index is -4.39. The van der Waals surface area contributed by atoms with Gasteiger partial charge in [0.25, 0.3) is 10.1 Å². The van der Waals surface area contributed by atoms with Crippen LogP contribution in [-0.2, 0) is 10.1 Å². The van der Waals surface area contributed by atoms with Crippen LogP contribution in [0.1, 0.15) is 27.7 Å². The molecule has 0 saturated heterocycles. The predicted molar refractivity (Wildman–Crippen MR) is 136 cm³/mol. The highest BCUT2D eigenvalue weighted by Crippen LogP contribution is 2.35. The molecule has 0 spiro atoms. The van der Waals surface area contributed by atoms with Crippen LogP contribution < -0.4 is 14.4 Å². The first-order valence-corrected chi connectivity index (χ1v) is 12.8. The van der Waals surface area contributed by atoms with Crippen molar-refractivity contribution < 1.29 is 32.7 Å². The number of anilines is 1. The largest absolute Gasteiger partial charge is 0.491 e. The summed E-state index contributed by atoms with van der Waals surface area (Å²) in [4.78, 5) is 1.83. The van der Waals surface area contributed by atoms with E-state index in [1.54, 1.807) is 61.5 Å². The number of benzene rings is 3. The van der Waals surface area contributed by atoms with Gasteiger partial charge in [-0.3, -0.25) is 4.55 Å². The van der Waals surface area contributed by atoms with E-state index >= 15 is 0 Å². The molecule has 9 heteroatoms. The van der Waals surface area contributed by atoms with Crippen LogP contribution in [0, 0.1) is 0 Å². The molecular weight excluding hydrogens is 470 g/mol. The number of ether oxygens (including phenoxy) is 2. The van der Waals surface area contributed by atoms with Crippen LogP contribution in [-0.4, -0.2) is 60.7 Å². The maximum absolute atomic E-state index is 11.9. The molecule has 0 radical (unpaired) electrons. The Balaban J connectivity index is 1.81. The van der Waals surface area contributed by atoms with E-state index in [-0.39, 0.29) is 24.7 Å². The van der Waals surface area contributed by atoms with Crippen molar-refractivity contribution in [1.29, 1.82) is 0 Å². The first-order chi connectivity index (χ1) is 16.4. The highest BCUT2D eigenvalue weighted by molar-refractivity contribution is 7.86. The van der Waals surface area contributed by atoms with E-state index in [1.807, 2.05) is 25.7 Å². The lowest BCUT2D eigenvalue weighted by atomic mass is 10.0. The van der Waals surface area contributed by atoms with Gasteiger partial charge in [0.05, 0.1) is 6.10 Å². The molecule has 35 heavy (non-hydrogen) atoms. The maximum Gasteiger partial charge on any atom is 0.295 e. The number of rotatable bonds is 10. The van der Waals surface area contributed by atoms with Crippen LogP contribution in [0.5, 0.6) is 11.5 Å². The fraction of sp³-hybridized carbons (Fsp3) is 0.385. The molecule has 2 atom stereocenters. The van der Waals surface area contributed by atoms with Gasteiger partial charge in [-0.25, -0.2) is 0 Å². The molecular formula is C26H33NO7S. The molecule has 0 aliphatic carbocycles. The molecule has 0 aliphatic heterocycles. The molecule has 190 valence electrons. The van der Waals surface area contributed by atoms with Crippen LogP contribution in [0.25, 0.3) is 10.8 Å². The van der Waals surface area contributed by atoms with E-state index in [1.165, 1.54) is 6.07 Å². The molecule has 0 aliphatic rings. The van der Waals surface area contributed by atoms with E-state index in [0.29, 0.717) is 22.3 Å². The van der Waals surface area contributed by atoms with Gasteiger partial charge in [0.2, 0.25) is 0 Å². The third kappa shape index (κ3) is 7.08. The zero-order valence-electron chi connectivity index (χ0n) is 20.4. The van der Waals surface area contributed by atoms with Crippen LogP contribution in [0.15, 0.2) is 65.6 Å². The van der Waals surface area contributed by atoms with E-state index in [0.717, 1.165) is 5.69 Å². The first-order valence-electron chi connectivity index (χ1n) is 11.3. The van der Waals surface area contributed by atoms with Gasteiger partial charge in [0, 0.05) is 34.6 Å². The van der Waals surface area contributed by atoms with Gasteiger partial charge in [-0.1, -0.05) is 30.3 Å². The fourth-order valence-electron chi connectivity index (χ4n) is 3.78. The lowest BCUT2D eigenvalue weighted by Gasteiger charge is -2.40. The van der Waals surface area contributed by atoms with E-state index in [9.17, 15) is 23.2 Å².